The van der Waals surface area contributed by atoms with E-state index in [0.717, 1.165) is 12.8 Å². The van der Waals surface area contributed by atoms with E-state index in [-0.39, 0.29) is 12.8 Å². The van der Waals surface area contributed by atoms with Gasteiger partial charge in [0, 0.05) is 19.5 Å². The predicted octanol–water partition coefficient (Wildman–Crippen LogP) is 1.95. The van der Waals surface area contributed by atoms with Crippen LogP contribution in [0, 0.1) is 0 Å². The van der Waals surface area contributed by atoms with Crippen LogP contribution in [0.2, 0.25) is 0 Å². The summed E-state index contributed by atoms with van der Waals surface area (Å²) in [6, 6.07) is 8.42. The van der Waals surface area contributed by atoms with E-state index in [0.29, 0.717) is 13.1 Å². The lowest BCUT2D eigenvalue weighted by molar-refractivity contribution is -0.137. The number of aliphatic hydroxyl groups is 1. The molecule has 4 heteroatoms. The van der Waals surface area contributed by atoms with Crippen molar-refractivity contribution in [3.05, 3.63) is 35.4 Å². The van der Waals surface area contributed by atoms with Gasteiger partial charge in [-0.25, -0.2) is 0 Å². The summed E-state index contributed by atoms with van der Waals surface area (Å²) in [4.78, 5) is 10.4. The van der Waals surface area contributed by atoms with Crippen molar-refractivity contribution in [2.45, 2.75) is 45.3 Å². The van der Waals surface area contributed by atoms with Gasteiger partial charge in [-0.15, -0.1) is 0 Å². The molecule has 1 rings (SSSR count). The third kappa shape index (κ3) is 6.94. The number of carbonyl (C=O) groups is 1. The number of benzene rings is 1. The lowest BCUT2D eigenvalue weighted by Crippen LogP contribution is -2.26. The number of aryl methyl sites for hydroxylation is 1. The maximum absolute atomic E-state index is 10.4. The van der Waals surface area contributed by atoms with Crippen molar-refractivity contribution in [2.75, 3.05) is 6.54 Å². The molecule has 4 nitrogen and oxygen atoms in total. The molecular formula is C15H23NO3. The SMILES string of the molecule is CCCc1ccc(CNCC(O)CCC(=O)O)cc1. The molecule has 0 aliphatic rings. The van der Waals surface area contributed by atoms with E-state index in [1.807, 2.05) is 0 Å². The Morgan fingerprint density at radius 3 is 2.47 bits per heavy atom. The first-order valence-corrected chi connectivity index (χ1v) is 6.80. The fraction of sp³-hybridized carbons (Fsp3) is 0.533. The second-order valence-electron chi connectivity index (χ2n) is 4.78. The first-order chi connectivity index (χ1) is 9.11. The third-order valence-electron chi connectivity index (χ3n) is 2.96. The molecule has 0 amide bonds. The van der Waals surface area contributed by atoms with Crippen LogP contribution < -0.4 is 5.32 Å². The number of rotatable bonds is 9. The molecule has 1 aromatic rings. The van der Waals surface area contributed by atoms with Gasteiger partial charge in [0.05, 0.1) is 6.10 Å². The molecule has 0 saturated carbocycles. The van der Waals surface area contributed by atoms with E-state index in [9.17, 15) is 9.90 Å². The van der Waals surface area contributed by atoms with Crippen LogP contribution in [0.4, 0.5) is 0 Å². The minimum absolute atomic E-state index is 0.00849. The number of carboxylic acid groups (broad SMARTS) is 1. The van der Waals surface area contributed by atoms with Gasteiger partial charge in [-0.2, -0.15) is 0 Å². The summed E-state index contributed by atoms with van der Waals surface area (Å²) in [5, 5.41) is 21.2. The molecule has 1 aromatic carbocycles. The number of hydrogen-bond acceptors (Lipinski definition) is 3. The summed E-state index contributed by atoms with van der Waals surface area (Å²) >= 11 is 0. The van der Waals surface area contributed by atoms with Crippen molar-refractivity contribution < 1.29 is 15.0 Å². The summed E-state index contributed by atoms with van der Waals surface area (Å²) in [6.45, 7) is 3.27. The van der Waals surface area contributed by atoms with E-state index in [2.05, 4.69) is 36.5 Å². The van der Waals surface area contributed by atoms with Crippen LogP contribution >= 0.6 is 0 Å². The van der Waals surface area contributed by atoms with E-state index in [1.54, 1.807) is 0 Å². The van der Waals surface area contributed by atoms with Crippen molar-refractivity contribution in [2.24, 2.45) is 0 Å². The van der Waals surface area contributed by atoms with E-state index < -0.39 is 12.1 Å². The molecule has 19 heavy (non-hydrogen) atoms. The van der Waals surface area contributed by atoms with Crippen molar-refractivity contribution in [1.82, 2.24) is 5.32 Å². The number of aliphatic hydroxyl groups excluding tert-OH is 1. The number of hydrogen-bond donors (Lipinski definition) is 3. The molecule has 0 aliphatic carbocycles. The Balaban J connectivity index is 2.23. The number of aliphatic carboxylic acids is 1. The Kier molecular flexibility index (Phi) is 7.15. The van der Waals surface area contributed by atoms with Crippen LogP contribution in [-0.2, 0) is 17.8 Å². The minimum Gasteiger partial charge on any atom is -0.481 e. The van der Waals surface area contributed by atoms with Crippen molar-refractivity contribution in [3.63, 3.8) is 0 Å². The van der Waals surface area contributed by atoms with Gasteiger partial charge < -0.3 is 15.5 Å². The van der Waals surface area contributed by atoms with E-state index >= 15 is 0 Å². The largest absolute Gasteiger partial charge is 0.481 e. The van der Waals surface area contributed by atoms with Gasteiger partial charge >= 0.3 is 5.97 Å². The minimum atomic E-state index is -0.870. The maximum atomic E-state index is 10.4. The highest BCUT2D eigenvalue weighted by molar-refractivity contribution is 5.66. The molecule has 0 saturated heterocycles. The van der Waals surface area contributed by atoms with Crippen LogP contribution in [0.15, 0.2) is 24.3 Å². The predicted molar refractivity (Wildman–Crippen MR) is 75.0 cm³/mol. The van der Waals surface area contributed by atoms with Crippen LogP contribution in [0.25, 0.3) is 0 Å². The van der Waals surface area contributed by atoms with E-state index in [4.69, 9.17) is 5.11 Å². The van der Waals surface area contributed by atoms with Crippen LogP contribution in [0.5, 0.6) is 0 Å². The summed E-state index contributed by atoms with van der Waals surface area (Å²) in [5.41, 5.74) is 2.51. The lowest BCUT2D eigenvalue weighted by atomic mass is 10.1. The molecule has 0 bridgehead atoms. The zero-order valence-corrected chi connectivity index (χ0v) is 11.4. The Labute approximate surface area is 114 Å². The normalized spacial score (nSPS) is 12.3. The molecule has 0 spiro atoms. The molecule has 0 aliphatic heterocycles. The van der Waals surface area contributed by atoms with Crippen LogP contribution in [0.1, 0.15) is 37.3 Å². The summed E-state index contributed by atoms with van der Waals surface area (Å²) in [5.74, 6) is -0.870. The Bertz CT molecular complexity index is 375. The standard InChI is InChI=1S/C15H23NO3/c1-2-3-12-4-6-13(7-5-12)10-16-11-14(17)8-9-15(18)19/h4-7,14,16-17H,2-3,8-11H2,1H3,(H,18,19). The van der Waals surface area contributed by atoms with E-state index in [1.165, 1.54) is 11.1 Å². The fourth-order valence-electron chi connectivity index (χ4n) is 1.89. The van der Waals surface area contributed by atoms with Gasteiger partial charge in [0.2, 0.25) is 0 Å². The Morgan fingerprint density at radius 1 is 1.26 bits per heavy atom. The van der Waals surface area contributed by atoms with Crippen molar-refractivity contribution in [3.8, 4) is 0 Å². The number of nitrogens with one attached hydrogen (secondary N) is 1. The van der Waals surface area contributed by atoms with Gasteiger partial charge in [-0.1, -0.05) is 37.6 Å². The highest BCUT2D eigenvalue weighted by atomic mass is 16.4. The molecule has 0 heterocycles. The van der Waals surface area contributed by atoms with Gasteiger partial charge in [0.15, 0.2) is 0 Å². The molecular weight excluding hydrogens is 242 g/mol. The quantitative estimate of drug-likeness (QED) is 0.638. The topological polar surface area (TPSA) is 69.6 Å². The van der Waals surface area contributed by atoms with Gasteiger partial charge in [-0.3, -0.25) is 4.79 Å². The van der Waals surface area contributed by atoms with Gasteiger partial charge in [0.1, 0.15) is 0 Å². The smallest absolute Gasteiger partial charge is 0.303 e. The van der Waals surface area contributed by atoms with Crippen LogP contribution in [0.3, 0.4) is 0 Å². The molecule has 1 unspecified atom stereocenters. The fourth-order valence-corrected chi connectivity index (χ4v) is 1.89. The Hall–Kier alpha value is -1.39. The molecule has 0 fully saturated rings. The van der Waals surface area contributed by atoms with Gasteiger partial charge in [0.25, 0.3) is 0 Å². The highest BCUT2D eigenvalue weighted by Crippen LogP contribution is 2.06. The summed E-state index contributed by atoms with van der Waals surface area (Å²) in [6.07, 6.45) is 1.94. The zero-order valence-electron chi connectivity index (χ0n) is 11.4. The van der Waals surface area contributed by atoms with Crippen molar-refractivity contribution in [1.29, 1.82) is 0 Å². The maximum Gasteiger partial charge on any atom is 0.303 e. The summed E-state index contributed by atoms with van der Waals surface area (Å²) < 4.78 is 0. The molecule has 0 aromatic heterocycles. The molecule has 0 radical (unpaired) electrons. The zero-order chi connectivity index (χ0) is 14.1. The van der Waals surface area contributed by atoms with Crippen LogP contribution in [-0.4, -0.2) is 28.8 Å². The average molecular weight is 265 g/mol. The summed E-state index contributed by atoms with van der Waals surface area (Å²) in [7, 11) is 0. The second kappa shape index (κ2) is 8.67. The van der Waals surface area contributed by atoms with Crippen molar-refractivity contribution >= 4 is 5.97 Å². The second-order valence-corrected chi connectivity index (χ2v) is 4.78. The Morgan fingerprint density at radius 2 is 1.89 bits per heavy atom. The lowest BCUT2D eigenvalue weighted by Gasteiger charge is -2.11. The average Bonchev–Trinajstić information content (AvgIpc) is 2.39. The number of carboxylic acids is 1. The highest BCUT2D eigenvalue weighted by Gasteiger charge is 2.06. The molecule has 1 atom stereocenters. The molecule has 3 N–H and O–H groups in total. The molecule has 106 valence electrons. The first-order valence-electron chi connectivity index (χ1n) is 6.80. The monoisotopic (exact) mass is 265 g/mol. The first kappa shape index (κ1) is 15.7. The van der Waals surface area contributed by atoms with Gasteiger partial charge in [-0.05, 0) is 24.0 Å². The third-order valence-corrected chi connectivity index (χ3v) is 2.96.